The van der Waals surface area contributed by atoms with E-state index in [4.69, 9.17) is 0 Å². The summed E-state index contributed by atoms with van der Waals surface area (Å²) in [4.78, 5) is 16.8. The smallest absolute Gasteiger partial charge is 0.255 e. The second-order valence-corrected chi connectivity index (χ2v) is 6.98. The van der Waals surface area contributed by atoms with Gasteiger partial charge in [0.05, 0.1) is 17.4 Å². The number of benzene rings is 2. The first-order valence-electron chi connectivity index (χ1n) is 9.28. The number of amides is 1. The van der Waals surface area contributed by atoms with Gasteiger partial charge in [0.2, 0.25) is 0 Å². The van der Waals surface area contributed by atoms with Crippen molar-refractivity contribution in [3.05, 3.63) is 66.4 Å². The molecule has 0 aliphatic heterocycles. The van der Waals surface area contributed by atoms with Gasteiger partial charge >= 0.3 is 0 Å². The van der Waals surface area contributed by atoms with Crippen LogP contribution in [0, 0.1) is 5.92 Å². The Morgan fingerprint density at radius 1 is 1.00 bits per heavy atom. The van der Waals surface area contributed by atoms with Gasteiger partial charge in [0, 0.05) is 23.2 Å². The topological polar surface area (TPSA) is 54.0 Å². The van der Waals surface area contributed by atoms with Crippen LogP contribution in [0.5, 0.6) is 0 Å². The molecular weight excluding hydrogens is 322 g/mol. The summed E-state index contributed by atoms with van der Waals surface area (Å²) in [6, 6.07) is 17.5. The molecule has 0 saturated heterocycles. The van der Waals surface area contributed by atoms with Crippen molar-refractivity contribution >= 4 is 28.2 Å². The van der Waals surface area contributed by atoms with Crippen LogP contribution < -0.4 is 10.6 Å². The molecule has 1 aliphatic carbocycles. The standard InChI is InChI=1S/C22H23N3O/c26-22(25-20-13-18-7-3-4-8-21(18)24-15-20)17-9-11-19(12-10-17)23-14-16-5-1-2-6-16/h3-4,7-13,15-16,23H,1-2,5-6,14H2,(H,25,26). The molecule has 1 heterocycles. The van der Waals surface area contributed by atoms with Gasteiger partial charge in [-0.2, -0.15) is 0 Å². The number of anilines is 2. The van der Waals surface area contributed by atoms with Crippen molar-refractivity contribution in [2.24, 2.45) is 5.92 Å². The van der Waals surface area contributed by atoms with Crippen LogP contribution in [0.3, 0.4) is 0 Å². The monoisotopic (exact) mass is 345 g/mol. The van der Waals surface area contributed by atoms with E-state index in [-0.39, 0.29) is 5.91 Å². The highest BCUT2D eigenvalue weighted by Crippen LogP contribution is 2.25. The number of pyridine rings is 1. The van der Waals surface area contributed by atoms with Gasteiger partial charge in [0.1, 0.15) is 0 Å². The number of hydrogen-bond acceptors (Lipinski definition) is 3. The summed E-state index contributed by atoms with van der Waals surface area (Å²) >= 11 is 0. The van der Waals surface area contributed by atoms with Gasteiger partial charge in [0.25, 0.3) is 5.91 Å². The Kier molecular flexibility index (Phi) is 4.82. The molecule has 132 valence electrons. The molecule has 4 nitrogen and oxygen atoms in total. The number of fused-ring (bicyclic) bond motifs is 1. The van der Waals surface area contributed by atoms with Crippen molar-refractivity contribution in [2.45, 2.75) is 25.7 Å². The SMILES string of the molecule is O=C(Nc1cnc2ccccc2c1)c1ccc(NCC2CCCC2)cc1. The van der Waals surface area contributed by atoms with Crippen LogP contribution in [0.25, 0.3) is 10.9 Å². The minimum absolute atomic E-state index is 0.121. The number of rotatable bonds is 5. The fraction of sp³-hybridized carbons (Fsp3) is 0.273. The molecule has 0 bridgehead atoms. The average molecular weight is 345 g/mol. The number of nitrogens with zero attached hydrogens (tertiary/aromatic N) is 1. The molecule has 1 aliphatic rings. The maximum Gasteiger partial charge on any atom is 0.255 e. The lowest BCUT2D eigenvalue weighted by molar-refractivity contribution is 0.102. The van der Waals surface area contributed by atoms with E-state index in [1.165, 1.54) is 25.7 Å². The van der Waals surface area contributed by atoms with Gasteiger partial charge in [-0.05, 0) is 55.2 Å². The maximum atomic E-state index is 12.5. The third-order valence-electron chi connectivity index (χ3n) is 5.07. The van der Waals surface area contributed by atoms with E-state index < -0.39 is 0 Å². The van der Waals surface area contributed by atoms with Gasteiger partial charge in [0.15, 0.2) is 0 Å². The largest absolute Gasteiger partial charge is 0.385 e. The van der Waals surface area contributed by atoms with Crippen LogP contribution in [0.4, 0.5) is 11.4 Å². The van der Waals surface area contributed by atoms with Crippen molar-refractivity contribution in [3.63, 3.8) is 0 Å². The number of carbonyl (C=O) groups is 1. The Balaban J connectivity index is 1.38. The molecule has 0 unspecified atom stereocenters. The fourth-order valence-electron chi connectivity index (χ4n) is 3.56. The van der Waals surface area contributed by atoms with E-state index in [1.807, 2.05) is 54.6 Å². The van der Waals surface area contributed by atoms with Gasteiger partial charge in [-0.25, -0.2) is 0 Å². The Morgan fingerprint density at radius 3 is 2.58 bits per heavy atom. The number of carbonyl (C=O) groups excluding carboxylic acids is 1. The molecule has 3 aromatic rings. The van der Waals surface area contributed by atoms with Crippen LogP contribution in [0.2, 0.25) is 0 Å². The second-order valence-electron chi connectivity index (χ2n) is 6.98. The Morgan fingerprint density at radius 2 is 1.77 bits per heavy atom. The summed E-state index contributed by atoms with van der Waals surface area (Å²) in [6.45, 7) is 1.02. The summed E-state index contributed by atoms with van der Waals surface area (Å²) in [5, 5.41) is 7.42. The van der Waals surface area contributed by atoms with Gasteiger partial charge in [-0.1, -0.05) is 31.0 Å². The van der Waals surface area contributed by atoms with Gasteiger partial charge < -0.3 is 10.6 Å². The molecule has 1 amide bonds. The van der Waals surface area contributed by atoms with Crippen LogP contribution in [0.15, 0.2) is 60.8 Å². The van der Waals surface area contributed by atoms with Crippen molar-refractivity contribution in [2.75, 3.05) is 17.2 Å². The average Bonchev–Trinajstić information content (AvgIpc) is 3.20. The molecule has 0 spiro atoms. The van der Waals surface area contributed by atoms with Gasteiger partial charge in [-0.3, -0.25) is 9.78 Å². The zero-order valence-corrected chi connectivity index (χ0v) is 14.7. The third kappa shape index (κ3) is 3.85. The summed E-state index contributed by atoms with van der Waals surface area (Å²) in [5.74, 6) is 0.669. The highest BCUT2D eigenvalue weighted by atomic mass is 16.1. The quantitative estimate of drug-likeness (QED) is 0.677. The van der Waals surface area contributed by atoms with E-state index >= 15 is 0 Å². The number of hydrogen-bond donors (Lipinski definition) is 2. The zero-order valence-electron chi connectivity index (χ0n) is 14.7. The van der Waals surface area contributed by atoms with Crippen molar-refractivity contribution < 1.29 is 4.79 Å². The van der Waals surface area contributed by atoms with Crippen LogP contribution in [0.1, 0.15) is 36.0 Å². The highest BCUT2D eigenvalue weighted by Gasteiger charge is 2.14. The Hall–Kier alpha value is -2.88. The minimum Gasteiger partial charge on any atom is -0.385 e. The predicted octanol–water partition coefficient (Wildman–Crippen LogP) is 5.09. The van der Waals surface area contributed by atoms with E-state index in [9.17, 15) is 4.79 Å². The predicted molar refractivity (Wildman–Crippen MR) is 107 cm³/mol. The molecule has 2 N–H and O–H groups in total. The Labute approximate surface area is 153 Å². The fourth-order valence-corrected chi connectivity index (χ4v) is 3.56. The van der Waals surface area contributed by atoms with Crippen molar-refractivity contribution in [1.82, 2.24) is 4.98 Å². The molecule has 0 radical (unpaired) electrons. The molecule has 4 heteroatoms. The van der Waals surface area contributed by atoms with Gasteiger partial charge in [-0.15, -0.1) is 0 Å². The first-order valence-corrected chi connectivity index (χ1v) is 9.28. The molecule has 0 atom stereocenters. The summed E-state index contributed by atoms with van der Waals surface area (Å²) in [6.07, 6.45) is 7.06. The van der Waals surface area contributed by atoms with E-state index in [2.05, 4.69) is 15.6 Å². The van der Waals surface area contributed by atoms with Crippen molar-refractivity contribution in [3.8, 4) is 0 Å². The maximum absolute atomic E-state index is 12.5. The van der Waals surface area contributed by atoms with E-state index in [1.54, 1.807) is 6.20 Å². The molecule has 1 saturated carbocycles. The first-order chi connectivity index (χ1) is 12.8. The number of para-hydroxylation sites is 1. The van der Waals surface area contributed by atoms with Crippen molar-refractivity contribution in [1.29, 1.82) is 0 Å². The normalized spacial score (nSPS) is 14.5. The summed E-state index contributed by atoms with van der Waals surface area (Å²) in [7, 11) is 0. The molecule has 26 heavy (non-hydrogen) atoms. The molecule has 4 rings (SSSR count). The molecule has 1 aromatic heterocycles. The van der Waals surface area contributed by atoms with Crippen LogP contribution >= 0.6 is 0 Å². The molecule has 2 aromatic carbocycles. The summed E-state index contributed by atoms with van der Waals surface area (Å²) < 4.78 is 0. The molecular formula is C22H23N3O. The lowest BCUT2D eigenvalue weighted by Crippen LogP contribution is -2.13. The van der Waals surface area contributed by atoms with Crippen LogP contribution in [-0.4, -0.2) is 17.4 Å². The van der Waals surface area contributed by atoms with E-state index in [0.717, 1.165) is 29.1 Å². The minimum atomic E-state index is -0.121. The first kappa shape index (κ1) is 16.6. The zero-order chi connectivity index (χ0) is 17.8. The Bertz CT molecular complexity index is 899. The van der Waals surface area contributed by atoms with E-state index in [0.29, 0.717) is 11.3 Å². The van der Waals surface area contributed by atoms with Crippen LogP contribution in [-0.2, 0) is 0 Å². The second kappa shape index (κ2) is 7.56. The lowest BCUT2D eigenvalue weighted by Gasteiger charge is -2.12. The lowest BCUT2D eigenvalue weighted by atomic mass is 10.1. The summed E-state index contributed by atoms with van der Waals surface area (Å²) in [5.41, 5.74) is 3.34. The third-order valence-corrected chi connectivity index (χ3v) is 5.07. The number of nitrogens with one attached hydrogen (secondary N) is 2. The highest BCUT2D eigenvalue weighted by molar-refractivity contribution is 6.05. The number of aromatic nitrogens is 1. The molecule has 1 fully saturated rings.